The molecule has 0 radical (unpaired) electrons. The van der Waals surface area contributed by atoms with Gasteiger partial charge in [0.1, 0.15) is 0 Å². The Morgan fingerprint density at radius 3 is 2.90 bits per heavy atom. The fourth-order valence-electron chi connectivity index (χ4n) is 2.25. The Morgan fingerprint density at radius 2 is 2.25 bits per heavy atom. The van der Waals surface area contributed by atoms with E-state index in [2.05, 4.69) is 10.2 Å². The number of rotatable bonds is 4. The molecule has 0 aromatic heterocycles. The van der Waals surface area contributed by atoms with Crippen LogP contribution >= 0.6 is 11.8 Å². The van der Waals surface area contributed by atoms with Crippen LogP contribution in [0.1, 0.15) is 33.1 Å². The number of nitrogens with one attached hydrogen (secondary N) is 1. The first-order valence-electron chi connectivity index (χ1n) is 6.81. The van der Waals surface area contributed by atoms with E-state index in [1.807, 2.05) is 19.3 Å². The predicted octanol–water partition coefficient (Wildman–Crippen LogP) is 1.97. The molecule has 2 heterocycles. The number of carbonyl (C=O) groups is 2. The summed E-state index contributed by atoms with van der Waals surface area (Å²) in [4.78, 5) is 25.7. The predicted molar refractivity (Wildman–Crippen MR) is 78.6 cm³/mol. The normalized spacial score (nSPS) is 18.0. The van der Waals surface area contributed by atoms with Crippen molar-refractivity contribution in [3.63, 3.8) is 0 Å². The molecular weight excluding hydrogens is 276 g/mol. The number of ether oxygens (including phenoxy) is 1. The highest BCUT2D eigenvalue weighted by molar-refractivity contribution is 8.06. The Labute approximate surface area is 123 Å². The molecule has 1 N–H and O–H groups in total. The van der Waals surface area contributed by atoms with Gasteiger partial charge >= 0.3 is 5.97 Å². The molecule has 0 unspecified atom stereocenters. The van der Waals surface area contributed by atoms with E-state index in [0.717, 1.165) is 35.7 Å². The van der Waals surface area contributed by atoms with E-state index in [0.29, 0.717) is 6.42 Å². The fraction of sp³-hybridized carbons (Fsp3) is 0.571. The molecule has 110 valence electrons. The number of thioether (sulfide) groups is 1. The highest BCUT2D eigenvalue weighted by Crippen LogP contribution is 2.42. The lowest BCUT2D eigenvalue weighted by Gasteiger charge is -2.29. The summed E-state index contributed by atoms with van der Waals surface area (Å²) in [5.41, 5.74) is 1.69. The molecule has 5 nitrogen and oxygen atoms in total. The molecule has 0 aromatic rings. The zero-order valence-electron chi connectivity index (χ0n) is 12.1. The number of amides is 1. The summed E-state index contributed by atoms with van der Waals surface area (Å²) in [5, 5.41) is 5.51. The average Bonchev–Trinajstić information content (AvgIpc) is 2.81. The fourth-order valence-corrected chi connectivity index (χ4v) is 3.37. The molecule has 0 aromatic carbocycles. The number of carbonyl (C=O) groups excluding carboxylic acids is 2. The van der Waals surface area contributed by atoms with Crippen LogP contribution in [0.5, 0.6) is 0 Å². The van der Waals surface area contributed by atoms with Crippen molar-refractivity contribution in [2.24, 2.45) is 0 Å². The largest absolute Gasteiger partial charge is 0.460 e. The first-order chi connectivity index (χ1) is 9.52. The molecule has 1 amide bonds. The van der Waals surface area contributed by atoms with E-state index in [-0.39, 0.29) is 18.0 Å². The van der Waals surface area contributed by atoms with Crippen LogP contribution in [-0.2, 0) is 14.3 Å². The second-order valence-electron chi connectivity index (χ2n) is 5.07. The number of nitrogens with zero attached hydrogens (tertiary/aromatic N) is 1. The van der Waals surface area contributed by atoms with Gasteiger partial charge in [0.15, 0.2) is 0 Å². The van der Waals surface area contributed by atoms with Crippen LogP contribution in [0.3, 0.4) is 0 Å². The van der Waals surface area contributed by atoms with E-state index in [1.54, 1.807) is 7.05 Å². The molecule has 0 fully saturated rings. The minimum Gasteiger partial charge on any atom is -0.460 e. The molecule has 20 heavy (non-hydrogen) atoms. The number of hydrogen-bond acceptors (Lipinski definition) is 5. The summed E-state index contributed by atoms with van der Waals surface area (Å²) in [6, 6.07) is 0. The van der Waals surface area contributed by atoms with E-state index in [1.165, 1.54) is 11.8 Å². The first kappa shape index (κ1) is 15.0. The maximum atomic E-state index is 12.1. The summed E-state index contributed by atoms with van der Waals surface area (Å²) < 4.78 is 5.30. The summed E-state index contributed by atoms with van der Waals surface area (Å²) in [5.74, 6) is -0.253. The molecule has 2 aliphatic rings. The second-order valence-corrected chi connectivity index (χ2v) is 5.93. The van der Waals surface area contributed by atoms with Crippen LogP contribution in [0.4, 0.5) is 0 Å². The quantitative estimate of drug-likeness (QED) is 0.804. The van der Waals surface area contributed by atoms with Crippen LogP contribution in [0, 0.1) is 0 Å². The second kappa shape index (κ2) is 6.35. The van der Waals surface area contributed by atoms with Gasteiger partial charge in [0.25, 0.3) is 0 Å². The van der Waals surface area contributed by atoms with Gasteiger partial charge in [0.2, 0.25) is 5.91 Å². The van der Waals surface area contributed by atoms with Gasteiger partial charge in [0.05, 0.1) is 23.1 Å². The SMILES string of the molecule is CNC(=O)CC1=CSC2=C(C(=O)OC(C)C)CCCN12. The molecule has 2 aliphatic heterocycles. The van der Waals surface area contributed by atoms with Crippen LogP contribution in [0.25, 0.3) is 0 Å². The lowest BCUT2D eigenvalue weighted by molar-refractivity contribution is -0.143. The van der Waals surface area contributed by atoms with Crippen LogP contribution < -0.4 is 5.32 Å². The molecule has 0 bridgehead atoms. The third-order valence-corrected chi connectivity index (χ3v) is 4.25. The Balaban J connectivity index is 2.15. The summed E-state index contributed by atoms with van der Waals surface area (Å²) in [6.45, 7) is 4.55. The Bertz CT molecular complexity index is 483. The number of fused-ring (bicyclic) bond motifs is 1. The monoisotopic (exact) mass is 296 g/mol. The van der Waals surface area contributed by atoms with Crippen molar-refractivity contribution in [3.05, 3.63) is 21.7 Å². The highest BCUT2D eigenvalue weighted by Gasteiger charge is 2.32. The zero-order chi connectivity index (χ0) is 14.7. The molecular formula is C14H20N2O3S. The van der Waals surface area contributed by atoms with Crippen molar-refractivity contribution in [2.45, 2.75) is 39.2 Å². The van der Waals surface area contributed by atoms with Crippen molar-refractivity contribution in [1.29, 1.82) is 0 Å². The van der Waals surface area contributed by atoms with E-state index < -0.39 is 0 Å². The Kier molecular flexibility index (Phi) is 4.75. The maximum Gasteiger partial charge on any atom is 0.336 e. The average molecular weight is 296 g/mol. The van der Waals surface area contributed by atoms with Crippen molar-refractivity contribution in [3.8, 4) is 0 Å². The smallest absolute Gasteiger partial charge is 0.336 e. The molecule has 0 aliphatic carbocycles. The van der Waals surface area contributed by atoms with E-state index >= 15 is 0 Å². The van der Waals surface area contributed by atoms with Gasteiger partial charge in [0, 0.05) is 19.3 Å². The van der Waals surface area contributed by atoms with Crippen molar-refractivity contribution < 1.29 is 14.3 Å². The van der Waals surface area contributed by atoms with Crippen molar-refractivity contribution in [1.82, 2.24) is 10.2 Å². The van der Waals surface area contributed by atoms with Gasteiger partial charge in [-0.25, -0.2) is 4.79 Å². The third-order valence-electron chi connectivity index (χ3n) is 3.17. The highest BCUT2D eigenvalue weighted by atomic mass is 32.2. The standard InChI is InChI=1S/C14H20N2O3S/c1-9(2)19-14(18)11-5-4-6-16-10(7-12(17)15-3)8-20-13(11)16/h8-9H,4-7H2,1-3H3,(H,15,17). The third kappa shape index (κ3) is 3.17. The topological polar surface area (TPSA) is 58.6 Å². The molecule has 0 saturated carbocycles. The summed E-state index contributed by atoms with van der Waals surface area (Å²) >= 11 is 1.51. The van der Waals surface area contributed by atoms with Gasteiger partial charge < -0.3 is 15.0 Å². The van der Waals surface area contributed by atoms with Crippen LogP contribution in [0.15, 0.2) is 21.7 Å². The zero-order valence-corrected chi connectivity index (χ0v) is 12.9. The minimum absolute atomic E-state index is 0.0185. The maximum absolute atomic E-state index is 12.1. The van der Waals surface area contributed by atoms with E-state index in [9.17, 15) is 9.59 Å². The van der Waals surface area contributed by atoms with Gasteiger partial charge in [-0.2, -0.15) is 0 Å². The first-order valence-corrected chi connectivity index (χ1v) is 7.69. The van der Waals surface area contributed by atoms with Crippen LogP contribution in [0.2, 0.25) is 0 Å². The molecule has 0 spiro atoms. The van der Waals surface area contributed by atoms with Crippen molar-refractivity contribution in [2.75, 3.05) is 13.6 Å². The summed E-state index contributed by atoms with van der Waals surface area (Å²) in [7, 11) is 1.63. The Hall–Kier alpha value is -1.43. The van der Waals surface area contributed by atoms with Gasteiger partial charge in [-0.05, 0) is 32.1 Å². The van der Waals surface area contributed by atoms with Gasteiger partial charge in [-0.3, -0.25) is 4.79 Å². The molecule has 0 saturated heterocycles. The van der Waals surface area contributed by atoms with Crippen molar-refractivity contribution >= 4 is 23.6 Å². The molecule has 2 rings (SSSR count). The lowest BCUT2D eigenvalue weighted by Crippen LogP contribution is -2.30. The van der Waals surface area contributed by atoms with Crippen LogP contribution in [-0.4, -0.2) is 36.5 Å². The van der Waals surface area contributed by atoms with Gasteiger partial charge in [-0.1, -0.05) is 11.8 Å². The lowest BCUT2D eigenvalue weighted by atomic mass is 10.1. The summed E-state index contributed by atoms with van der Waals surface area (Å²) in [6.07, 6.45) is 1.87. The number of esters is 1. The van der Waals surface area contributed by atoms with Gasteiger partial charge in [-0.15, -0.1) is 0 Å². The number of hydrogen-bond donors (Lipinski definition) is 1. The van der Waals surface area contributed by atoms with E-state index in [4.69, 9.17) is 4.74 Å². The molecule has 0 atom stereocenters. The molecule has 6 heteroatoms. The Morgan fingerprint density at radius 1 is 1.50 bits per heavy atom. The minimum atomic E-state index is -0.234.